The number of piperidine rings is 1. The van der Waals surface area contributed by atoms with E-state index in [0.717, 1.165) is 89.9 Å². The zero-order valence-electron chi connectivity index (χ0n) is 31.0. The summed E-state index contributed by atoms with van der Waals surface area (Å²) in [5.74, 6) is -0.657. The molecule has 1 saturated carbocycles. The van der Waals surface area contributed by atoms with E-state index in [-0.39, 0.29) is 42.1 Å². The number of nitrogens with one attached hydrogen (secondary N) is 1. The van der Waals surface area contributed by atoms with Crippen LogP contribution in [0.15, 0.2) is 73.1 Å². The first-order valence-corrected chi connectivity index (χ1v) is 19.6. The van der Waals surface area contributed by atoms with Crippen molar-refractivity contribution in [2.75, 3.05) is 30.3 Å². The van der Waals surface area contributed by atoms with Crippen LogP contribution in [0.2, 0.25) is 0 Å². The summed E-state index contributed by atoms with van der Waals surface area (Å²) in [5.41, 5.74) is 9.16. The van der Waals surface area contributed by atoms with Crippen LogP contribution in [0.5, 0.6) is 11.5 Å². The number of piperazine rings is 1. The Balaban J connectivity index is 0.787. The lowest BCUT2D eigenvalue weighted by Crippen LogP contribution is -2.54. The summed E-state index contributed by atoms with van der Waals surface area (Å²) in [6, 6.07) is 19.5. The lowest BCUT2D eigenvalue weighted by atomic mass is 9.85. The number of benzene rings is 3. The molecule has 1 aliphatic carbocycles. The van der Waals surface area contributed by atoms with Crippen molar-refractivity contribution >= 4 is 46.2 Å². The predicted octanol–water partition coefficient (Wildman–Crippen LogP) is 5.10. The number of hydrogen-bond acceptors (Lipinski definition) is 11. The molecule has 57 heavy (non-hydrogen) atoms. The summed E-state index contributed by atoms with van der Waals surface area (Å²) in [6.07, 6.45) is 6.42. The van der Waals surface area contributed by atoms with Crippen molar-refractivity contribution < 1.29 is 28.3 Å². The molecule has 4 aliphatic heterocycles. The van der Waals surface area contributed by atoms with Crippen LogP contribution in [0.4, 0.5) is 15.9 Å². The molecule has 3 N–H and O–H groups in total. The van der Waals surface area contributed by atoms with Crippen LogP contribution >= 0.6 is 0 Å². The molecular weight excluding hydrogens is 730 g/mol. The number of para-hydroxylation sites is 1. The smallest absolute Gasteiger partial charge is 0.262 e. The number of rotatable bonds is 8. The molecule has 10 rings (SSSR count). The predicted molar refractivity (Wildman–Crippen MR) is 207 cm³/mol. The molecule has 0 spiro atoms. The zero-order valence-corrected chi connectivity index (χ0v) is 31.0. The molecule has 6 heterocycles. The fourth-order valence-electron chi connectivity index (χ4n) is 9.63. The number of carbonyl (C=O) groups excluding carboxylic acids is 4. The van der Waals surface area contributed by atoms with E-state index in [4.69, 9.17) is 15.6 Å². The van der Waals surface area contributed by atoms with Crippen molar-refractivity contribution in [3.8, 4) is 22.8 Å². The molecule has 3 atom stereocenters. The lowest BCUT2D eigenvalue weighted by Gasteiger charge is -2.38. The highest BCUT2D eigenvalue weighted by molar-refractivity contribution is 6.23. The second-order valence-electron chi connectivity index (χ2n) is 15.8. The number of nitrogen functional groups attached to an aromatic ring is 1. The first-order chi connectivity index (χ1) is 27.7. The molecule has 2 bridgehead atoms. The number of carbonyl (C=O) groups is 4. The van der Waals surface area contributed by atoms with Gasteiger partial charge < -0.3 is 15.4 Å². The van der Waals surface area contributed by atoms with Gasteiger partial charge in [0.2, 0.25) is 11.8 Å². The van der Waals surface area contributed by atoms with Crippen LogP contribution in [0.3, 0.4) is 0 Å². The number of likely N-dealkylation sites (tertiary alicyclic amines) is 1. The second-order valence-corrected chi connectivity index (χ2v) is 15.8. The summed E-state index contributed by atoms with van der Waals surface area (Å²) in [4.78, 5) is 65.2. The van der Waals surface area contributed by atoms with Crippen molar-refractivity contribution in [2.24, 2.45) is 5.92 Å². The van der Waals surface area contributed by atoms with E-state index in [2.05, 4.69) is 20.2 Å². The summed E-state index contributed by atoms with van der Waals surface area (Å²) >= 11 is 0. The molecule has 290 valence electrons. The van der Waals surface area contributed by atoms with E-state index < -0.39 is 35.5 Å². The Morgan fingerprint density at radius 2 is 1.56 bits per heavy atom. The second kappa shape index (κ2) is 13.8. The Hall–Kier alpha value is -6.22. The van der Waals surface area contributed by atoms with Crippen molar-refractivity contribution in [1.29, 1.82) is 0 Å². The number of nitrogens with zero attached hydrogens (tertiary/aromatic N) is 7. The van der Waals surface area contributed by atoms with E-state index in [1.54, 1.807) is 0 Å². The molecule has 2 aromatic heterocycles. The Kier molecular flexibility index (Phi) is 8.50. The van der Waals surface area contributed by atoms with Crippen molar-refractivity contribution in [1.82, 2.24) is 34.9 Å². The normalized spacial score (nSPS) is 24.8. The molecule has 4 amide bonds. The number of hydrogen-bond donors (Lipinski definition) is 2. The monoisotopic (exact) mass is 769 g/mol. The van der Waals surface area contributed by atoms with Gasteiger partial charge in [-0.15, -0.1) is 0 Å². The summed E-state index contributed by atoms with van der Waals surface area (Å²) in [6.45, 7) is 2.37. The van der Waals surface area contributed by atoms with E-state index in [9.17, 15) is 19.2 Å². The van der Waals surface area contributed by atoms with Gasteiger partial charge in [0.15, 0.2) is 5.65 Å². The third kappa shape index (κ3) is 6.07. The minimum Gasteiger partial charge on any atom is -0.457 e. The molecule has 3 saturated heterocycles. The maximum atomic E-state index is 15.7. The van der Waals surface area contributed by atoms with Gasteiger partial charge in [0.25, 0.3) is 11.8 Å². The van der Waals surface area contributed by atoms with Crippen molar-refractivity contribution in [3.63, 3.8) is 0 Å². The minimum absolute atomic E-state index is 0.0219. The Labute approximate surface area is 326 Å². The van der Waals surface area contributed by atoms with Crippen LogP contribution in [0.25, 0.3) is 22.3 Å². The van der Waals surface area contributed by atoms with Gasteiger partial charge >= 0.3 is 0 Å². The lowest BCUT2D eigenvalue weighted by molar-refractivity contribution is -0.136. The Morgan fingerprint density at radius 1 is 0.825 bits per heavy atom. The first kappa shape index (κ1) is 35.2. The summed E-state index contributed by atoms with van der Waals surface area (Å²) in [5, 5.41) is 8.04. The van der Waals surface area contributed by atoms with Gasteiger partial charge in [-0.1, -0.05) is 18.2 Å². The van der Waals surface area contributed by atoms with Crippen LogP contribution < -0.4 is 20.7 Å². The van der Waals surface area contributed by atoms with Crippen molar-refractivity contribution in [3.05, 3.63) is 90.0 Å². The number of amides is 4. The van der Waals surface area contributed by atoms with Gasteiger partial charge in [-0.2, -0.15) is 5.10 Å². The molecule has 0 radical (unpaired) electrons. The van der Waals surface area contributed by atoms with Gasteiger partial charge in [-0.3, -0.25) is 34.3 Å². The fourth-order valence-corrected chi connectivity index (χ4v) is 9.63. The molecule has 15 heteroatoms. The average Bonchev–Trinajstić information content (AvgIpc) is 3.98. The molecule has 14 nitrogen and oxygen atoms in total. The minimum atomic E-state index is -1.10. The number of aromatic nitrogens is 4. The molecule has 1 unspecified atom stereocenters. The van der Waals surface area contributed by atoms with E-state index in [1.165, 1.54) is 12.4 Å². The highest BCUT2D eigenvalue weighted by Gasteiger charge is 2.48. The third-order valence-corrected chi connectivity index (χ3v) is 12.5. The number of halogens is 1. The topological polar surface area (TPSA) is 169 Å². The number of anilines is 2. The van der Waals surface area contributed by atoms with Gasteiger partial charge in [-0.05, 0) is 93.0 Å². The average molecular weight is 770 g/mol. The quantitative estimate of drug-likeness (QED) is 0.202. The number of nitrogens with two attached hydrogens (primary N) is 1. The Bertz CT molecular complexity index is 2450. The molecule has 5 aromatic rings. The van der Waals surface area contributed by atoms with Crippen LogP contribution in [-0.4, -0.2) is 90.9 Å². The van der Waals surface area contributed by atoms with Gasteiger partial charge in [0.05, 0.1) is 28.2 Å². The van der Waals surface area contributed by atoms with Gasteiger partial charge in [0, 0.05) is 43.7 Å². The Morgan fingerprint density at radius 3 is 2.28 bits per heavy atom. The van der Waals surface area contributed by atoms with Gasteiger partial charge in [0.1, 0.15) is 41.2 Å². The largest absolute Gasteiger partial charge is 0.457 e. The summed E-state index contributed by atoms with van der Waals surface area (Å²) < 4.78 is 23.7. The summed E-state index contributed by atoms with van der Waals surface area (Å²) in [7, 11) is 0. The van der Waals surface area contributed by atoms with Crippen LogP contribution in [0, 0.1) is 11.7 Å². The van der Waals surface area contributed by atoms with E-state index in [1.807, 2.05) is 64.2 Å². The van der Waals surface area contributed by atoms with E-state index >= 15 is 4.39 Å². The maximum Gasteiger partial charge on any atom is 0.262 e. The SMILES string of the molecule is Nc1ncnc2c1c(-c1ccc(Oc3ccccc3)cc1)nn2C1CCC(CN2C[C@@H]3C[C@H]2CN3c2cc3c(cc2F)C(=O)N(C2CCC(=O)NC2=O)C3=O)CC1. The number of fused-ring (bicyclic) bond motifs is 4. The van der Waals surface area contributed by atoms with Crippen LogP contribution in [0.1, 0.15) is 71.7 Å². The first-order valence-electron chi connectivity index (χ1n) is 19.6. The highest BCUT2D eigenvalue weighted by Crippen LogP contribution is 2.42. The van der Waals surface area contributed by atoms with Gasteiger partial charge in [-0.25, -0.2) is 19.0 Å². The zero-order chi connectivity index (χ0) is 38.9. The molecule has 4 fully saturated rings. The number of ether oxygens (including phenoxy) is 1. The number of imide groups is 2. The molecular formula is C42H40FN9O5. The van der Waals surface area contributed by atoms with Crippen LogP contribution in [-0.2, 0) is 9.59 Å². The standard InChI is InChI=1S/C42H40FN9O5/c43-32-17-30-31(42(56)51(41(30)55)33-14-15-35(53)47-40(33)54)18-34(32)50-21-26-16-27(50)20-49(26)19-23-6-10-25(11-7-23)52-39-36(38(44)45-22-46-39)37(48-52)24-8-12-29(13-9-24)57-28-4-2-1-3-5-28/h1-5,8-9,12-13,17-18,22-23,25-27,33H,6-7,10-11,14-16,19-21H2,(H2,44,45,46)(H,47,53,54)/t23?,25?,26-,27-,33?/m0/s1. The fraction of sp³-hybridized carbons (Fsp3) is 0.357. The van der Waals surface area contributed by atoms with E-state index in [0.29, 0.717) is 24.0 Å². The molecule has 5 aliphatic rings. The van der Waals surface area contributed by atoms with Crippen molar-refractivity contribution in [2.45, 2.75) is 69.1 Å². The maximum absolute atomic E-state index is 15.7. The highest BCUT2D eigenvalue weighted by atomic mass is 19.1. The molecule has 3 aromatic carbocycles. The third-order valence-electron chi connectivity index (χ3n) is 12.5.